The molecule has 0 spiro atoms. The Kier molecular flexibility index (Phi) is 6.90. The molecule has 0 amide bonds. The van der Waals surface area contributed by atoms with Crippen LogP contribution in [0.25, 0.3) is 0 Å². The van der Waals surface area contributed by atoms with Crippen LogP contribution in [0.15, 0.2) is 12.2 Å². The molecule has 1 heteroatoms. The van der Waals surface area contributed by atoms with E-state index in [4.69, 9.17) is 0 Å². The summed E-state index contributed by atoms with van der Waals surface area (Å²) in [4.78, 5) is 0. The predicted molar refractivity (Wildman–Crippen MR) is 42.6 cm³/mol. The third-order valence-electron chi connectivity index (χ3n) is 0.671. The fourth-order valence-electron chi connectivity index (χ4n) is 0.313. The van der Waals surface area contributed by atoms with E-state index >= 15 is 0 Å². The summed E-state index contributed by atoms with van der Waals surface area (Å²) < 4.78 is 1.25. The number of hydrogen-bond donors (Lipinski definition) is 0. The lowest BCUT2D eigenvalue weighted by atomic mass is 10.3. The molecule has 0 bridgehead atoms. The number of rotatable bonds is 3. The zero-order valence-electron chi connectivity index (χ0n) is 4.36. The van der Waals surface area contributed by atoms with Gasteiger partial charge in [-0.3, -0.25) is 0 Å². The maximum Gasteiger partial charge on any atom is -0.000178 e. The summed E-state index contributed by atoms with van der Waals surface area (Å²) in [5.74, 6) is 0. The normalized spacial score (nSPS) is 10.6. The minimum Gasteiger partial charge on any atom is -0.0885 e. The van der Waals surface area contributed by atoms with E-state index in [0.29, 0.717) is 0 Å². The average Bonchev–Trinajstić information content (AvgIpc) is 1.69. The minimum absolute atomic E-state index is 1.19. The number of unbranched alkanes of at least 4 members (excludes halogenated alkanes) is 1. The highest BCUT2D eigenvalue weighted by atomic mass is 127. The third-order valence-corrected chi connectivity index (χ3v) is 1.43. The molecular formula is C6H10I. The maximum atomic E-state index is 3.57. The van der Waals surface area contributed by atoms with Crippen molar-refractivity contribution < 1.29 is 0 Å². The van der Waals surface area contributed by atoms with Gasteiger partial charge in [-0.1, -0.05) is 34.7 Å². The zero-order valence-corrected chi connectivity index (χ0v) is 6.52. The van der Waals surface area contributed by atoms with Crippen LogP contribution in [0.3, 0.4) is 0 Å². The lowest BCUT2D eigenvalue weighted by molar-refractivity contribution is 0.986. The highest BCUT2D eigenvalue weighted by molar-refractivity contribution is 14.1. The van der Waals surface area contributed by atoms with Crippen LogP contribution in [0, 0.1) is 6.92 Å². The molecule has 0 heterocycles. The number of allylic oxidation sites excluding steroid dienone is 2. The third kappa shape index (κ3) is 6.47. The van der Waals surface area contributed by atoms with Crippen molar-refractivity contribution in [1.29, 1.82) is 0 Å². The number of hydrogen-bond acceptors (Lipinski definition) is 0. The van der Waals surface area contributed by atoms with E-state index in [1.165, 1.54) is 17.3 Å². The molecule has 0 rings (SSSR count). The highest BCUT2D eigenvalue weighted by Gasteiger charge is 1.74. The second-order valence-electron chi connectivity index (χ2n) is 1.30. The van der Waals surface area contributed by atoms with Crippen LogP contribution in [0.4, 0.5) is 0 Å². The molecule has 41 valence electrons. The van der Waals surface area contributed by atoms with Crippen molar-refractivity contribution >= 4 is 22.6 Å². The Balaban J connectivity index is 2.69. The van der Waals surface area contributed by atoms with Crippen molar-refractivity contribution in [3.8, 4) is 0 Å². The van der Waals surface area contributed by atoms with Gasteiger partial charge in [0.05, 0.1) is 0 Å². The minimum atomic E-state index is 1.19. The van der Waals surface area contributed by atoms with Gasteiger partial charge in [-0.15, -0.1) is 0 Å². The molecule has 0 fully saturated rings. The van der Waals surface area contributed by atoms with E-state index in [-0.39, 0.29) is 0 Å². The first kappa shape index (κ1) is 7.47. The molecular weight excluding hydrogens is 199 g/mol. The van der Waals surface area contributed by atoms with Crippen LogP contribution >= 0.6 is 22.6 Å². The van der Waals surface area contributed by atoms with Crippen molar-refractivity contribution in [2.75, 3.05) is 4.43 Å². The van der Waals surface area contributed by atoms with Crippen molar-refractivity contribution in [3.63, 3.8) is 0 Å². The van der Waals surface area contributed by atoms with Crippen molar-refractivity contribution in [3.05, 3.63) is 19.1 Å². The van der Waals surface area contributed by atoms with E-state index in [9.17, 15) is 0 Å². The van der Waals surface area contributed by atoms with Gasteiger partial charge in [-0.2, -0.15) is 0 Å². The van der Waals surface area contributed by atoms with Crippen LogP contribution in [-0.2, 0) is 0 Å². The van der Waals surface area contributed by atoms with E-state index in [2.05, 4.69) is 35.6 Å². The van der Waals surface area contributed by atoms with Gasteiger partial charge in [-0.05, 0) is 24.2 Å². The lowest BCUT2D eigenvalue weighted by Gasteiger charge is -1.82. The van der Waals surface area contributed by atoms with Gasteiger partial charge in [0.15, 0.2) is 0 Å². The van der Waals surface area contributed by atoms with Crippen LogP contribution in [0.5, 0.6) is 0 Å². The smallest absolute Gasteiger partial charge is 0.000178 e. The van der Waals surface area contributed by atoms with Gasteiger partial charge >= 0.3 is 0 Å². The Morgan fingerprint density at radius 1 is 1.57 bits per heavy atom. The summed E-state index contributed by atoms with van der Waals surface area (Å²) in [5, 5.41) is 0. The molecule has 0 unspecified atom stereocenters. The lowest BCUT2D eigenvalue weighted by Crippen LogP contribution is -1.67. The molecule has 0 aromatic carbocycles. The van der Waals surface area contributed by atoms with E-state index in [1.54, 1.807) is 0 Å². The fraction of sp³-hybridized carbons (Fsp3) is 0.500. The molecule has 0 aliphatic carbocycles. The summed E-state index contributed by atoms with van der Waals surface area (Å²) >= 11 is 2.37. The maximum absolute atomic E-state index is 3.57. The van der Waals surface area contributed by atoms with Gasteiger partial charge in [0.2, 0.25) is 0 Å². The van der Waals surface area contributed by atoms with Crippen molar-refractivity contribution in [2.24, 2.45) is 0 Å². The second-order valence-corrected chi connectivity index (χ2v) is 2.38. The summed E-state index contributed by atoms with van der Waals surface area (Å²) in [5.41, 5.74) is 0. The monoisotopic (exact) mass is 209 g/mol. The fourth-order valence-corrected chi connectivity index (χ4v) is 0.753. The molecule has 0 saturated carbocycles. The first-order valence-corrected chi connectivity index (χ1v) is 3.94. The molecule has 0 aliphatic heterocycles. The summed E-state index contributed by atoms with van der Waals surface area (Å²) in [7, 11) is 0. The van der Waals surface area contributed by atoms with Gasteiger partial charge in [-0.25, -0.2) is 0 Å². The molecule has 0 atom stereocenters. The summed E-state index contributed by atoms with van der Waals surface area (Å²) in [6.07, 6.45) is 6.42. The molecule has 7 heavy (non-hydrogen) atoms. The molecule has 0 aromatic rings. The van der Waals surface area contributed by atoms with E-state index in [1.807, 2.05) is 6.08 Å². The predicted octanol–water partition coefficient (Wildman–Crippen LogP) is 2.59. The molecule has 0 aromatic heterocycles. The van der Waals surface area contributed by atoms with Gasteiger partial charge in [0, 0.05) is 0 Å². The van der Waals surface area contributed by atoms with E-state index in [0.717, 1.165) is 0 Å². The molecule has 0 nitrogen and oxygen atoms in total. The van der Waals surface area contributed by atoms with Crippen molar-refractivity contribution in [2.45, 2.75) is 12.8 Å². The first-order valence-electron chi connectivity index (χ1n) is 2.42. The highest BCUT2D eigenvalue weighted by Crippen LogP contribution is 1.94. The number of alkyl halides is 1. The van der Waals surface area contributed by atoms with Gasteiger partial charge < -0.3 is 0 Å². The van der Waals surface area contributed by atoms with Crippen molar-refractivity contribution in [1.82, 2.24) is 0 Å². The van der Waals surface area contributed by atoms with Crippen LogP contribution in [0.1, 0.15) is 12.8 Å². The average molecular weight is 209 g/mol. The molecule has 0 aliphatic rings. The van der Waals surface area contributed by atoms with E-state index < -0.39 is 0 Å². The van der Waals surface area contributed by atoms with Crippen LogP contribution in [0.2, 0.25) is 0 Å². The summed E-state index contributed by atoms with van der Waals surface area (Å²) in [6, 6.07) is 0. The molecule has 1 radical (unpaired) electrons. The largest absolute Gasteiger partial charge is 0.0885 e. The number of halogens is 1. The Morgan fingerprint density at radius 2 is 2.29 bits per heavy atom. The zero-order chi connectivity index (χ0) is 5.54. The van der Waals surface area contributed by atoms with Crippen LogP contribution in [-0.4, -0.2) is 4.43 Å². The van der Waals surface area contributed by atoms with Gasteiger partial charge in [0.1, 0.15) is 0 Å². The Labute approximate surface area is 59.1 Å². The SMILES string of the molecule is [CH2]/C=C/CCCI. The molecule has 0 N–H and O–H groups in total. The quantitative estimate of drug-likeness (QED) is 0.380. The summed E-state index contributed by atoms with van der Waals surface area (Å²) in [6.45, 7) is 3.57. The van der Waals surface area contributed by atoms with Crippen LogP contribution < -0.4 is 0 Å². The molecule has 0 saturated heterocycles. The Morgan fingerprint density at radius 3 is 2.71 bits per heavy atom. The topological polar surface area (TPSA) is 0 Å². The first-order chi connectivity index (χ1) is 3.41. The van der Waals surface area contributed by atoms with Gasteiger partial charge in [0.25, 0.3) is 0 Å². The Hall–Kier alpha value is 0.470. The Bertz CT molecular complexity index is 48.1. The second kappa shape index (κ2) is 6.47. The standard InChI is InChI=1S/C6H10I/c1-2-3-4-5-6-7/h2-3H,1,4-6H2/b3-2+.